The minimum Gasteiger partial charge on any atom is -0.404 e. The van der Waals surface area contributed by atoms with Crippen LogP contribution < -0.4 is 10.2 Å². The van der Waals surface area contributed by atoms with Crippen LogP contribution in [0.5, 0.6) is 5.75 Å². The molecule has 0 N–H and O–H groups in total. The van der Waals surface area contributed by atoms with Crippen LogP contribution in [0, 0.1) is 0 Å². The van der Waals surface area contributed by atoms with Crippen LogP contribution >= 0.6 is 0 Å². The van der Waals surface area contributed by atoms with Crippen LogP contribution in [-0.4, -0.2) is 63.7 Å². The van der Waals surface area contributed by atoms with Crippen molar-refractivity contribution in [2.75, 3.05) is 26.3 Å². The van der Waals surface area contributed by atoms with Crippen molar-refractivity contribution in [1.82, 2.24) is 4.31 Å². The fourth-order valence-electron chi connectivity index (χ4n) is 2.99. The summed E-state index contributed by atoms with van der Waals surface area (Å²) in [5.41, 5.74) is -1.19. The summed E-state index contributed by atoms with van der Waals surface area (Å²) in [5, 5.41) is 0. The van der Waals surface area contributed by atoms with E-state index in [1.165, 1.54) is 6.07 Å². The third-order valence-corrected chi connectivity index (χ3v) is 7.24. The topological polar surface area (TPSA) is 74.3 Å². The molecule has 0 amide bonds. The molecule has 0 unspecified atom stereocenters. The number of alkyl halides is 3. The maximum absolute atomic E-state index is 13.0. The molecule has 0 bridgehead atoms. The minimum absolute atomic E-state index is 0.0484. The molecule has 2 saturated heterocycles. The van der Waals surface area contributed by atoms with E-state index in [0.29, 0.717) is 0 Å². The van der Waals surface area contributed by atoms with E-state index in [2.05, 4.69) is 4.74 Å². The van der Waals surface area contributed by atoms with Gasteiger partial charge in [0.05, 0.1) is 24.4 Å². The van der Waals surface area contributed by atoms with Gasteiger partial charge in [-0.3, -0.25) is 0 Å². The summed E-state index contributed by atoms with van der Waals surface area (Å²) >= 11 is 0. The van der Waals surface area contributed by atoms with Crippen LogP contribution in [0.3, 0.4) is 0 Å². The Hall–Kier alpha value is -1.34. The van der Waals surface area contributed by atoms with Gasteiger partial charge in [0.1, 0.15) is 10.6 Å². The third kappa shape index (κ3) is 4.56. The second-order valence-electron chi connectivity index (χ2n) is 7.86. The Morgan fingerprint density at radius 2 is 1.62 bits per heavy atom. The van der Waals surface area contributed by atoms with E-state index in [1.54, 1.807) is 27.7 Å². The van der Waals surface area contributed by atoms with Gasteiger partial charge in [0, 0.05) is 13.1 Å². The highest BCUT2D eigenvalue weighted by molar-refractivity contribution is 7.89. The van der Waals surface area contributed by atoms with Crippen LogP contribution in [-0.2, 0) is 24.1 Å². The lowest BCUT2D eigenvalue weighted by atomic mass is 9.79. The molecule has 0 atom stereocenters. The van der Waals surface area contributed by atoms with Crippen molar-refractivity contribution in [2.45, 2.75) is 50.2 Å². The first-order chi connectivity index (χ1) is 13.2. The smallest absolute Gasteiger partial charge is 0.404 e. The van der Waals surface area contributed by atoms with Crippen molar-refractivity contribution >= 4 is 22.6 Å². The summed E-state index contributed by atoms with van der Waals surface area (Å²) in [5.74, 6) is -0.823. The van der Waals surface area contributed by atoms with Crippen LogP contribution in [0.25, 0.3) is 0 Å². The van der Waals surface area contributed by atoms with E-state index in [9.17, 15) is 21.6 Å². The first-order valence-corrected chi connectivity index (χ1v) is 10.5. The van der Waals surface area contributed by atoms with Gasteiger partial charge < -0.3 is 18.8 Å². The Kier molecular flexibility index (Phi) is 5.72. The number of sulfonamides is 1. The van der Waals surface area contributed by atoms with Crippen LogP contribution in [0.1, 0.15) is 27.7 Å². The van der Waals surface area contributed by atoms with E-state index in [4.69, 9.17) is 14.0 Å². The van der Waals surface area contributed by atoms with Crippen molar-refractivity contribution in [3.05, 3.63) is 18.2 Å². The number of nitrogens with zero attached hydrogens (tertiary/aromatic N) is 1. The molecule has 0 aliphatic carbocycles. The van der Waals surface area contributed by atoms with Gasteiger partial charge in [-0.15, -0.1) is 13.2 Å². The van der Waals surface area contributed by atoms with Gasteiger partial charge in [-0.05, 0) is 45.3 Å². The van der Waals surface area contributed by atoms with E-state index in [-0.39, 0.29) is 31.8 Å². The fraction of sp³-hybridized carbons (Fsp3) is 0.647. The maximum Gasteiger partial charge on any atom is 0.573 e. The SMILES string of the molecule is CC1(C)OB(c2ccc(S(=O)(=O)N3CCOCC3)c(OC(F)(F)F)c2)OC1(C)C. The molecule has 2 aliphatic heterocycles. The predicted octanol–water partition coefficient (Wildman–Crippen LogP) is 1.91. The van der Waals surface area contributed by atoms with E-state index in [1.807, 2.05) is 0 Å². The lowest BCUT2D eigenvalue weighted by Crippen LogP contribution is -2.41. The van der Waals surface area contributed by atoms with Gasteiger partial charge in [-0.25, -0.2) is 8.42 Å². The highest BCUT2D eigenvalue weighted by atomic mass is 32.2. The molecule has 3 rings (SSSR count). The fourth-order valence-corrected chi connectivity index (χ4v) is 4.50. The number of ether oxygens (including phenoxy) is 2. The molecular formula is C17H23BF3NO6S. The summed E-state index contributed by atoms with van der Waals surface area (Å²) in [7, 11) is -5.17. The molecule has 2 aliphatic rings. The Morgan fingerprint density at radius 3 is 2.14 bits per heavy atom. The van der Waals surface area contributed by atoms with Gasteiger partial charge >= 0.3 is 13.5 Å². The highest BCUT2D eigenvalue weighted by Gasteiger charge is 2.52. The summed E-state index contributed by atoms with van der Waals surface area (Å²) in [6.07, 6.45) is -5.07. The number of rotatable bonds is 4. The molecule has 29 heavy (non-hydrogen) atoms. The molecule has 0 aromatic heterocycles. The lowest BCUT2D eigenvalue weighted by Gasteiger charge is -2.32. The number of halogens is 3. The molecule has 1 aromatic carbocycles. The van der Waals surface area contributed by atoms with Crippen molar-refractivity contribution < 1.29 is 40.4 Å². The zero-order valence-electron chi connectivity index (χ0n) is 16.6. The lowest BCUT2D eigenvalue weighted by molar-refractivity contribution is -0.275. The summed E-state index contributed by atoms with van der Waals surface area (Å²) in [6.45, 7) is 7.64. The average molecular weight is 437 g/mol. The second-order valence-corrected chi connectivity index (χ2v) is 9.77. The molecular weight excluding hydrogens is 414 g/mol. The number of morpholine rings is 1. The highest BCUT2D eigenvalue weighted by Crippen LogP contribution is 2.37. The minimum atomic E-state index is -5.07. The Balaban J connectivity index is 2.00. The van der Waals surface area contributed by atoms with Crippen molar-refractivity contribution in [2.24, 2.45) is 0 Å². The quantitative estimate of drug-likeness (QED) is 0.671. The third-order valence-electron chi connectivity index (χ3n) is 5.31. The van der Waals surface area contributed by atoms with Crippen molar-refractivity contribution in [1.29, 1.82) is 0 Å². The standard InChI is InChI=1S/C17H23BF3NO6S/c1-15(2)16(3,4)28-18(27-15)12-5-6-14(13(11-12)26-17(19,20)21)29(23,24)22-7-9-25-10-8-22/h5-6,11H,7-10H2,1-4H3. The molecule has 1 aromatic rings. The first-order valence-electron chi connectivity index (χ1n) is 9.06. The van der Waals surface area contributed by atoms with Crippen molar-refractivity contribution in [3.8, 4) is 5.75 Å². The van der Waals surface area contributed by atoms with Crippen LogP contribution in [0.2, 0.25) is 0 Å². The summed E-state index contributed by atoms with van der Waals surface area (Å²) in [6, 6.07) is 3.47. The molecule has 0 saturated carbocycles. The zero-order chi connectivity index (χ0) is 21.7. The number of benzene rings is 1. The Morgan fingerprint density at radius 1 is 1.07 bits per heavy atom. The maximum atomic E-state index is 13.0. The second kappa shape index (κ2) is 7.42. The van der Waals surface area contributed by atoms with E-state index < -0.39 is 45.4 Å². The normalized spacial score (nSPS) is 22.7. The van der Waals surface area contributed by atoms with Gasteiger partial charge in [0.2, 0.25) is 10.0 Å². The predicted molar refractivity (Wildman–Crippen MR) is 98.4 cm³/mol. The van der Waals surface area contributed by atoms with Crippen LogP contribution in [0.15, 0.2) is 23.1 Å². The van der Waals surface area contributed by atoms with Gasteiger partial charge in [0.25, 0.3) is 0 Å². The summed E-state index contributed by atoms with van der Waals surface area (Å²) in [4.78, 5) is -0.572. The largest absolute Gasteiger partial charge is 0.573 e. The van der Waals surface area contributed by atoms with Crippen molar-refractivity contribution in [3.63, 3.8) is 0 Å². The van der Waals surface area contributed by atoms with Gasteiger partial charge in [-0.2, -0.15) is 4.31 Å². The Bertz CT molecular complexity index is 852. The molecule has 0 radical (unpaired) electrons. The Labute approximate surface area is 168 Å². The molecule has 162 valence electrons. The first kappa shape index (κ1) is 22.4. The molecule has 12 heteroatoms. The summed E-state index contributed by atoms with van der Waals surface area (Å²) < 4.78 is 86.7. The van der Waals surface area contributed by atoms with E-state index >= 15 is 0 Å². The monoisotopic (exact) mass is 437 g/mol. The van der Waals surface area contributed by atoms with Crippen LogP contribution in [0.4, 0.5) is 13.2 Å². The number of hydrogen-bond donors (Lipinski definition) is 0. The molecule has 7 nitrogen and oxygen atoms in total. The molecule has 2 fully saturated rings. The molecule has 2 heterocycles. The van der Waals surface area contributed by atoms with Gasteiger partial charge in [-0.1, -0.05) is 6.07 Å². The average Bonchev–Trinajstić information content (AvgIpc) is 2.82. The van der Waals surface area contributed by atoms with Gasteiger partial charge in [0.15, 0.2) is 0 Å². The van der Waals surface area contributed by atoms with E-state index in [0.717, 1.165) is 16.4 Å². The molecule has 0 spiro atoms. The number of hydrogen-bond acceptors (Lipinski definition) is 6. The zero-order valence-corrected chi connectivity index (χ0v) is 17.4.